The molecule has 0 radical (unpaired) electrons. The molecule has 0 unspecified atom stereocenters. The third-order valence-corrected chi connectivity index (χ3v) is 14.9. The van der Waals surface area contributed by atoms with Crippen LogP contribution in [0.2, 0.25) is 0 Å². The van der Waals surface area contributed by atoms with Gasteiger partial charge in [-0.3, -0.25) is 14.4 Å². The summed E-state index contributed by atoms with van der Waals surface area (Å²) in [4.78, 5) is 65.4. The van der Waals surface area contributed by atoms with Crippen molar-refractivity contribution in [3.8, 4) is 40.3 Å². The SMILES string of the molecule is CC#N.CCCc1nc(C)c2c(=O)[nH]c(-c3cc(S(=O)(=O)Cl)ccc3OCC)nn12.CCCc1nc(C)c2c(=O)[nH]c(-c3cc(S(=O)(=O)N4CC(CCO)C4)ccc3OCC)nn12.O=C(ON1CC(CCO)C1)C(F)(F)F.O=CO[O-].[H-].[K+].[K+]. The number of rotatable bonds is 19. The zero-order chi connectivity index (χ0) is 60.4. The van der Waals surface area contributed by atoms with Crippen molar-refractivity contribution in [1.82, 2.24) is 48.5 Å². The Morgan fingerprint density at radius 1 is 0.807 bits per heavy atom. The van der Waals surface area contributed by atoms with Crippen LogP contribution in [0.4, 0.5) is 13.2 Å². The number of hydroxylamine groups is 2. The van der Waals surface area contributed by atoms with Crippen molar-refractivity contribution in [3.63, 3.8) is 0 Å². The smallest absolute Gasteiger partial charge is 1.00 e. The first-order chi connectivity index (χ1) is 38.3. The van der Waals surface area contributed by atoms with Crippen LogP contribution < -0.4 is 129 Å². The average Bonchev–Trinajstić information content (AvgIpc) is 4.10. The van der Waals surface area contributed by atoms with Crippen LogP contribution in [-0.2, 0) is 51.2 Å². The Hall–Kier alpha value is -3.78. The van der Waals surface area contributed by atoms with Gasteiger partial charge in [-0.25, -0.2) is 40.6 Å². The van der Waals surface area contributed by atoms with Crippen LogP contribution in [0.5, 0.6) is 11.5 Å². The van der Waals surface area contributed by atoms with Crippen molar-refractivity contribution in [3.05, 3.63) is 80.1 Å². The van der Waals surface area contributed by atoms with Crippen LogP contribution in [0.1, 0.15) is 84.8 Å². The molecule has 6 heterocycles. The number of hydrogen-bond acceptors (Lipinski definition) is 21. The first-order valence-corrected chi connectivity index (χ1v) is 28.8. The van der Waals surface area contributed by atoms with Crippen molar-refractivity contribution in [2.45, 2.75) is 103 Å². The van der Waals surface area contributed by atoms with Crippen LogP contribution in [0, 0.1) is 37.0 Å². The molecular weight excluding hydrogens is 1220 g/mol. The van der Waals surface area contributed by atoms with Crippen molar-refractivity contribution in [2.24, 2.45) is 11.8 Å². The molecule has 34 heteroatoms. The molecule has 2 aromatic carbocycles. The van der Waals surface area contributed by atoms with Gasteiger partial charge in [-0.1, -0.05) is 13.8 Å². The number of fused-ring (bicyclic) bond motifs is 2. The largest absolute Gasteiger partial charge is 1.00 e. The minimum atomic E-state index is -4.94. The number of nitrogens with one attached hydrogen (secondary N) is 2. The van der Waals surface area contributed by atoms with Crippen molar-refractivity contribution in [2.75, 3.05) is 52.6 Å². The topological polar surface area (TPSA) is 359 Å². The number of halogens is 4. The van der Waals surface area contributed by atoms with E-state index in [1.807, 2.05) is 20.8 Å². The fourth-order valence-corrected chi connectivity index (χ4v) is 10.5. The fourth-order valence-electron chi connectivity index (χ4n) is 8.11. The molecule has 0 spiro atoms. The predicted octanol–water partition coefficient (Wildman–Crippen LogP) is -2.17. The third-order valence-electron chi connectivity index (χ3n) is 11.8. The summed E-state index contributed by atoms with van der Waals surface area (Å²) in [5.41, 5.74) is 1.91. The van der Waals surface area contributed by atoms with E-state index in [4.69, 9.17) is 45.7 Å². The van der Waals surface area contributed by atoms with Crippen LogP contribution >= 0.6 is 10.7 Å². The molecule has 0 aliphatic carbocycles. The number of imidazole rings is 2. The van der Waals surface area contributed by atoms with E-state index in [0.717, 1.165) is 17.9 Å². The Labute approximate surface area is 566 Å². The van der Waals surface area contributed by atoms with Gasteiger partial charge < -0.3 is 46.1 Å². The van der Waals surface area contributed by atoms with Crippen LogP contribution in [0.15, 0.2) is 55.8 Å². The van der Waals surface area contributed by atoms with Gasteiger partial charge in [-0.2, -0.15) is 22.7 Å². The summed E-state index contributed by atoms with van der Waals surface area (Å²) in [5.74, 6) is 0.616. The number of H-pyrrole nitrogens is 2. The van der Waals surface area contributed by atoms with Gasteiger partial charge in [0.05, 0.1) is 51.6 Å². The Morgan fingerprint density at radius 3 is 1.57 bits per heavy atom. The maximum absolute atomic E-state index is 13.2. The quantitative estimate of drug-likeness (QED) is 0.0220. The molecule has 0 bridgehead atoms. The van der Waals surface area contributed by atoms with Crippen molar-refractivity contribution >= 4 is 53.2 Å². The summed E-state index contributed by atoms with van der Waals surface area (Å²) in [6.45, 7) is 14.4. The average molecular weight is 1280 g/mol. The number of carbonyl (C=O) groups excluding carboxylic acids is 2. The van der Waals surface area contributed by atoms with E-state index in [2.05, 4.69) is 39.9 Å². The van der Waals surface area contributed by atoms with Crippen molar-refractivity contribution < 1.29 is 178 Å². The maximum Gasteiger partial charge on any atom is 1.00 e. The number of aryl methyl sites for hydroxylation is 4. The number of sulfonamides is 1. The van der Waals surface area contributed by atoms with Crippen LogP contribution in [0.3, 0.4) is 0 Å². The molecule has 0 saturated carbocycles. The molecule has 2 fully saturated rings. The number of ether oxygens (including phenoxy) is 2. The normalized spacial score (nSPS) is 13.5. The number of aliphatic hydroxyl groups is 2. The van der Waals surface area contributed by atoms with Crippen molar-refractivity contribution in [1.29, 1.82) is 5.26 Å². The summed E-state index contributed by atoms with van der Waals surface area (Å²) in [5, 5.41) is 43.4. The van der Waals surface area contributed by atoms with E-state index in [0.29, 0.717) is 109 Å². The van der Waals surface area contributed by atoms with Gasteiger partial charge in [0.25, 0.3) is 26.6 Å². The summed E-state index contributed by atoms with van der Waals surface area (Å²) in [6.07, 6.45) is -0.862. The van der Waals surface area contributed by atoms with Crippen LogP contribution in [0.25, 0.3) is 33.8 Å². The second-order valence-electron chi connectivity index (χ2n) is 17.7. The number of alkyl halides is 3. The molecule has 4 N–H and O–H groups in total. The molecule has 6 aromatic rings. The molecule has 83 heavy (non-hydrogen) atoms. The first kappa shape index (κ1) is 75.3. The minimum absolute atomic E-state index is 0. The zero-order valence-corrected chi connectivity index (χ0v) is 55.8. The maximum atomic E-state index is 13.2. The monoisotopic (exact) mass is 1280 g/mol. The van der Waals surface area contributed by atoms with Gasteiger partial charge >= 0.3 is 115 Å². The molecular formula is C49H63ClF3K2N11O15S2. The molecule has 4 aromatic heterocycles. The van der Waals surface area contributed by atoms with E-state index in [9.17, 15) is 44.4 Å². The second kappa shape index (κ2) is 35.1. The molecule has 446 valence electrons. The van der Waals surface area contributed by atoms with E-state index < -0.39 is 31.2 Å². The molecule has 0 atom stereocenters. The van der Waals surface area contributed by atoms with E-state index in [1.54, 1.807) is 37.4 Å². The van der Waals surface area contributed by atoms with E-state index in [1.165, 1.54) is 46.1 Å². The van der Waals surface area contributed by atoms with Gasteiger partial charge in [0.2, 0.25) is 10.0 Å². The number of aliphatic hydroxyl groups excluding tert-OH is 2. The Bertz CT molecular complexity index is 3530. The van der Waals surface area contributed by atoms with Gasteiger partial charge in [-0.05, 0) is 102 Å². The number of hydrogen-bond donors (Lipinski definition) is 4. The zero-order valence-electron chi connectivity index (χ0n) is 48.2. The second-order valence-corrected chi connectivity index (χ2v) is 22.2. The summed E-state index contributed by atoms with van der Waals surface area (Å²) in [6, 6.07) is 10.5. The Balaban J connectivity index is 0.000000620. The number of nitrogens with zero attached hydrogens (tertiary/aromatic N) is 9. The standard InChI is InChI=1S/C22H29N5O5S.C17H19ClN4O4S.C7H10F3NO3.C2H3N.CH2O3.2K.H/c1-4-6-19-23-14(3)20-22(29)24-21(25-27(19)20)17-11-16(7-8-18(17)32-5-2)33(30,31)26-12-15(13-26)9-10-28;1-4-6-14-19-10(3)15-17(23)20-16(21-22(14)15)12-9-11(27(18,24)25)7-8-13(12)26-5-2;8-7(9,10)6(13)14-11-3-5(4-11)1-2-12;1-2-3;2-1-4-3;;;/h7-8,11,15,28H,4-6,9-10,12-13H2,1-3H3,(H,24,25,29);7-9H,4-6H2,1-3H3,(H,20,21,23);5,12H,1-4H2;1H3;1,3H;;;/q;;;;;2*+1;-1/p-1. The summed E-state index contributed by atoms with van der Waals surface area (Å²) in [7, 11) is -2.21. The third kappa shape index (κ3) is 20.4. The predicted molar refractivity (Wildman–Crippen MR) is 283 cm³/mol. The Morgan fingerprint density at radius 2 is 1.20 bits per heavy atom. The summed E-state index contributed by atoms with van der Waals surface area (Å²) < 4.78 is 101. The number of benzene rings is 2. The van der Waals surface area contributed by atoms with E-state index >= 15 is 0 Å². The number of carbonyl (C=O) groups is 2. The molecule has 8 rings (SSSR count). The molecule has 2 aliphatic rings. The molecule has 0 amide bonds. The fraction of sp³-hybridized carbons (Fsp3) is 0.490. The van der Waals surface area contributed by atoms with Gasteiger partial charge in [0.15, 0.2) is 22.7 Å². The first-order valence-electron chi connectivity index (χ1n) is 25.1. The number of aromatic amines is 2. The van der Waals surface area contributed by atoms with Gasteiger partial charge in [0, 0.05) is 69.8 Å². The molecule has 2 saturated heterocycles. The number of aromatic nitrogens is 8. The number of nitriles is 1. The minimum Gasteiger partial charge on any atom is -1.00 e. The summed E-state index contributed by atoms with van der Waals surface area (Å²) >= 11 is 0. The van der Waals surface area contributed by atoms with E-state index in [-0.39, 0.29) is 181 Å². The Kier molecular flexibility index (Phi) is 31.9. The van der Waals surface area contributed by atoms with Gasteiger partial charge in [0.1, 0.15) is 23.1 Å². The van der Waals surface area contributed by atoms with Crippen LogP contribution in [-0.4, -0.2) is 147 Å². The van der Waals surface area contributed by atoms with Gasteiger partial charge in [-0.15, -0.1) is 15.3 Å². The molecule has 2 aliphatic heterocycles. The molecule has 26 nitrogen and oxygen atoms in total.